The van der Waals surface area contributed by atoms with E-state index in [0.29, 0.717) is 21.4 Å². The Morgan fingerprint density at radius 1 is 1.19 bits per heavy atom. The third kappa shape index (κ3) is 4.24. The van der Waals surface area contributed by atoms with E-state index < -0.39 is 23.8 Å². The van der Waals surface area contributed by atoms with E-state index in [0.717, 1.165) is 11.6 Å². The SMILES string of the molecule is Cc1cc(Cl)cnc1NC(c1ccc(Cl)cc1)c1oc(CO)cc(=O)c1O. The molecule has 0 aliphatic carbocycles. The molecule has 140 valence electrons. The number of anilines is 1. The summed E-state index contributed by atoms with van der Waals surface area (Å²) in [5.74, 6) is -0.0542. The van der Waals surface area contributed by atoms with Crippen LogP contribution in [0.1, 0.15) is 28.7 Å². The lowest BCUT2D eigenvalue weighted by atomic mass is 10.0. The van der Waals surface area contributed by atoms with E-state index in [9.17, 15) is 15.0 Å². The van der Waals surface area contributed by atoms with Gasteiger partial charge in [0, 0.05) is 17.3 Å². The van der Waals surface area contributed by atoms with Gasteiger partial charge in [0.25, 0.3) is 0 Å². The highest BCUT2D eigenvalue weighted by molar-refractivity contribution is 6.30. The predicted molar refractivity (Wildman–Crippen MR) is 103 cm³/mol. The van der Waals surface area contributed by atoms with E-state index >= 15 is 0 Å². The van der Waals surface area contributed by atoms with Gasteiger partial charge in [-0.15, -0.1) is 0 Å². The molecule has 3 N–H and O–H groups in total. The van der Waals surface area contributed by atoms with Gasteiger partial charge in [-0.3, -0.25) is 4.79 Å². The first-order valence-corrected chi connectivity index (χ1v) is 8.75. The third-order valence-corrected chi connectivity index (χ3v) is 4.41. The van der Waals surface area contributed by atoms with Crippen molar-refractivity contribution in [1.29, 1.82) is 0 Å². The molecule has 3 rings (SSSR count). The maximum atomic E-state index is 12.1. The summed E-state index contributed by atoms with van der Waals surface area (Å²) >= 11 is 11.9. The minimum Gasteiger partial charge on any atom is -0.502 e. The lowest BCUT2D eigenvalue weighted by Crippen LogP contribution is -2.17. The van der Waals surface area contributed by atoms with Crippen LogP contribution in [0.25, 0.3) is 0 Å². The van der Waals surface area contributed by atoms with E-state index in [1.165, 1.54) is 6.20 Å². The number of rotatable bonds is 5. The summed E-state index contributed by atoms with van der Waals surface area (Å²) in [4.78, 5) is 16.3. The summed E-state index contributed by atoms with van der Waals surface area (Å²) in [6.07, 6.45) is 1.48. The predicted octanol–water partition coefficient (Wildman–Crippen LogP) is 4.05. The lowest BCUT2D eigenvalue weighted by molar-refractivity contribution is 0.234. The quantitative estimate of drug-likeness (QED) is 0.591. The number of hydrogen-bond acceptors (Lipinski definition) is 6. The molecule has 0 saturated carbocycles. The van der Waals surface area contributed by atoms with Crippen molar-refractivity contribution in [2.45, 2.75) is 19.6 Å². The smallest absolute Gasteiger partial charge is 0.227 e. The van der Waals surface area contributed by atoms with Crippen molar-refractivity contribution in [2.24, 2.45) is 0 Å². The van der Waals surface area contributed by atoms with Crippen LogP contribution in [0.2, 0.25) is 10.0 Å². The van der Waals surface area contributed by atoms with Crippen LogP contribution >= 0.6 is 23.2 Å². The minimum absolute atomic E-state index is 0.0364. The second-order valence-corrected chi connectivity index (χ2v) is 6.77. The van der Waals surface area contributed by atoms with Crippen molar-refractivity contribution < 1.29 is 14.6 Å². The molecule has 0 radical (unpaired) electrons. The maximum Gasteiger partial charge on any atom is 0.227 e. The largest absolute Gasteiger partial charge is 0.502 e. The molecule has 0 bridgehead atoms. The van der Waals surface area contributed by atoms with Crippen LogP contribution in [0, 0.1) is 6.92 Å². The summed E-state index contributed by atoms with van der Waals surface area (Å²) in [5.41, 5.74) is 0.785. The van der Waals surface area contributed by atoms with Crippen molar-refractivity contribution in [1.82, 2.24) is 4.98 Å². The number of nitrogens with one attached hydrogen (secondary N) is 1. The summed E-state index contributed by atoms with van der Waals surface area (Å²) < 4.78 is 5.57. The van der Waals surface area contributed by atoms with Crippen molar-refractivity contribution >= 4 is 29.0 Å². The van der Waals surface area contributed by atoms with Crippen molar-refractivity contribution in [3.05, 3.63) is 85.5 Å². The molecule has 0 saturated heterocycles. The number of aromatic nitrogens is 1. The minimum atomic E-state index is -0.756. The Balaban J connectivity index is 2.15. The van der Waals surface area contributed by atoms with E-state index in [1.807, 2.05) is 6.92 Å². The Morgan fingerprint density at radius 2 is 1.89 bits per heavy atom. The van der Waals surface area contributed by atoms with Gasteiger partial charge in [-0.25, -0.2) is 4.98 Å². The number of pyridine rings is 1. The Hall–Kier alpha value is -2.54. The molecule has 27 heavy (non-hydrogen) atoms. The normalized spacial score (nSPS) is 12.0. The molecule has 1 aromatic carbocycles. The maximum absolute atomic E-state index is 12.1. The fourth-order valence-corrected chi connectivity index (χ4v) is 2.95. The van der Waals surface area contributed by atoms with E-state index in [4.69, 9.17) is 27.6 Å². The second-order valence-electron chi connectivity index (χ2n) is 5.90. The number of aryl methyl sites for hydroxylation is 1. The molecular weight excluding hydrogens is 391 g/mol. The average Bonchev–Trinajstić information content (AvgIpc) is 2.64. The van der Waals surface area contributed by atoms with Gasteiger partial charge in [-0.05, 0) is 36.2 Å². The first-order chi connectivity index (χ1) is 12.9. The lowest BCUT2D eigenvalue weighted by Gasteiger charge is -2.21. The van der Waals surface area contributed by atoms with Gasteiger partial charge in [0.15, 0.2) is 5.76 Å². The van der Waals surface area contributed by atoms with Crippen LogP contribution in [0.4, 0.5) is 5.82 Å². The molecule has 8 heteroatoms. The van der Waals surface area contributed by atoms with Gasteiger partial charge in [-0.2, -0.15) is 0 Å². The molecule has 2 heterocycles. The van der Waals surface area contributed by atoms with Crippen LogP contribution in [-0.2, 0) is 6.61 Å². The number of nitrogens with zero attached hydrogens (tertiary/aromatic N) is 1. The van der Waals surface area contributed by atoms with Gasteiger partial charge < -0.3 is 19.9 Å². The molecule has 6 nitrogen and oxygen atoms in total. The number of halogens is 2. The third-order valence-electron chi connectivity index (χ3n) is 3.95. The molecule has 0 spiro atoms. The van der Waals surface area contributed by atoms with Crippen LogP contribution < -0.4 is 10.7 Å². The number of aliphatic hydroxyl groups excluding tert-OH is 1. The van der Waals surface area contributed by atoms with Crippen LogP contribution in [0.15, 0.2) is 51.8 Å². The zero-order valence-electron chi connectivity index (χ0n) is 14.2. The van der Waals surface area contributed by atoms with Gasteiger partial charge in [-0.1, -0.05) is 35.3 Å². The molecule has 0 amide bonds. The van der Waals surface area contributed by atoms with Gasteiger partial charge in [0.05, 0.1) is 5.02 Å². The second kappa shape index (κ2) is 8.00. The standard InChI is InChI=1S/C19H16Cl2N2O4/c1-10-6-13(21)8-22-19(10)23-16(11-2-4-12(20)5-3-11)18-17(26)15(25)7-14(9-24)27-18/h2-8,16,24,26H,9H2,1H3,(H,22,23). The Morgan fingerprint density at radius 3 is 2.52 bits per heavy atom. The monoisotopic (exact) mass is 406 g/mol. The summed E-state index contributed by atoms with van der Waals surface area (Å²) in [6, 6.07) is 8.85. The fraction of sp³-hybridized carbons (Fsp3) is 0.158. The van der Waals surface area contributed by atoms with Gasteiger partial charge in [0.1, 0.15) is 24.2 Å². The average molecular weight is 407 g/mol. The topological polar surface area (TPSA) is 95.6 Å². The molecular formula is C19H16Cl2N2O4. The first kappa shape index (κ1) is 19.2. The van der Waals surface area contributed by atoms with Gasteiger partial charge >= 0.3 is 0 Å². The van der Waals surface area contributed by atoms with Crippen molar-refractivity contribution in [2.75, 3.05) is 5.32 Å². The highest BCUT2D eigenvalue weighted by Gasteiger charge is 2.24. The van der Waals surface area contributed by atoms with E-state index in [-0.39, 0.29) is 11.5 Å². The Bertz CT molecular complexity index is 1020. The summed E-state index contributed by atoms with van der Waals surface area (Å²) in [7, 11) is 0. The zero-order chi connectivity index (χ0) is 19.6. The number of benzene rings is 1. The fourth-order valence-electron chi connectivity index (χ4n) is 2.61. The highest BCUT2D eigenvalue weighted by atomic mass is 35.5. The molecule has 0 aliphatic heterocycles. The Labute approximate surface area is 165 Å². The number of hydrogen-bond donors (Lipinski definition) is 3. The summed E-state index contributed by atoms with van der Waals surface area (Å²) in [6.45, 7) is 1.34. The molecule has 1 unspecified atom stereocenters. The summed E-state index contributed by atoms with van der Waals surface area (Å²) in [5, 5.41) is 23.8. The molecule has 3 aromatic rings. The van der Waals surface area contributed by atoms with Gasteiger partial charge in [0.2, 0.25) is 11.2 Å². The molecule has 0 aliphatic rings. The number of aromatic hydroxyl groups is 1. The molecule has 1 atom stereocenters. The first-order valence-electron chi connectivity index (χ1n) is 8.00. The van der Waals surface area contributed by atoms with E-state index in [2.05, 4.69) is 10.3 Å². The Kier molecular flexibility index (Phi) is 5.70. The van der Waals surface area contributed by atoms with E-state index in [1.54, 1.807) is 30.3 Å². The van der Waals surface area contributed by atoms with Crippen LogP contribution in [0.3, 0.4) is 0 Å². The zero-order valence-corrected chi connectivity index (χ0v) is 15.8. The van der Waals surface area contributed by atoms with Crippen LogP contribution in [-0.4, -0.2) is 15.2 Å². The molecule has 2 aromatic heterocycles. The highest BCUT2D eigenvalue weighted by Crippen LogP contribution is 2.32. The molecule has 0 fully saturated rings. The number of aliphatic hydroxyl groups is 1. The van der Waals surface area contributed by atoms with Crippen molar-refractivity contribution in [3.63, 3.8) is 0 Å². The van der Waals surface area contributed by atoms with Crippen molar-refractivity contribution in [3.8, 4) is 5.75 Å². The van der Waals surface area contributed by atoms with Crippen LogP contribution in [0.5, 0.6) is 5.75 Å².